The highest BCUT2D eigenvalue weighted by Crippen LogP contribution is 2.23. The van der Waals surface area contributed by atoms with Gasteiger partial charge in [0.2, 0.25) is 0 Å². The summed E-state index contributed by atoms with van der Waals surface area (Å²) in [5, 5.41) is 6.71. The number of morpholine rings is 1. The van der Waals surface area contributed by atoms with Gasteiger partial charge in [0.25, 0.3) is 0 Å². The summed E-state index contributed by atoms with van der Waals surface area (Å²) in [4.78, 5) is 7.17. The molecule has 0 amide bonds. The fraction of sp³-hybridized carbons (Fsp3) is 0.650. The van der Waals surface area contributed by atoms with Crippen LogP contribution in [0.4, 0.5) is 4.39 Å². The largest absolute Gasteiger partial charge is 0.379 e. The number of halogens is 2. The van der Waals surface area contributed by atoms with Crippen molar-refractivity contribution in [2.75, 3.05) is 52.5 Å². The summed E-state index contributed by atoms with van der Waals surface area (Å²) in [6.45, 7) is 13.5. The smallest absolute Gasteiger partial charge is 0.191 e. The summed E-state index contributed by atoms with van der Waals surface area (Å²) < 4.78 is 18.5. The maximum atomic E-state index is 13.1. The van der Waals surface area contributed by atoms with Gasteiger partial charge in [0, 0.05) is 31.6 Å². The summed E-state index contributed by atoms with van der Waals surface area (Å²) in [7, 11) is 0. The first-order valence-electron chi connectivity index (χ1n) is 9.59. The molecule has 7 heteroatoms. The van der Waals surface area contributed by atoms with Crippen LogP contribution in [-0.4, -0.2) is 63.3 Å². The van der Waals surface area contributed by atoms with E-state index in [0.717, 1.165) is 63.9 Å². The fourth-order valence-electron chi connectivity index (χ4n) is 2.95. The van der Waals surface area contributed by atoms with Gasteiger partial charge in [-0.1, -0.05) is 26.0 Å². The van der Waals surface area contributed by atoms with Crippen molar-refractivity contribution >= 4 is 29.9 Å². The minimum atomic E-state index is -0.205. The third kappa shape index (κ3) is 8.74. The van der Waals surface area contributed by atoms with Crippen molar-refractivity contribution in [3.05, 3.63) is 35.6 Å². The Labute approximate surface area is 180 Å². The van der Waals surface area contributed by atoms with Crippen LogP contribution in [0.1, 0.15) is 32.8 Å². The fourth-order valence-corrected chi connectivity index (χ4v) is 2.95. The molecule has 154 valence electrons. The molecule has 2 N–H and O–H groups in total. The molecule has 1 fully saturated rings. The van der Waals surface area contributed by atoms with E-state index in [1.807, 2.05) is 12.1 Å². The van der Waals surface area contributed by atoms with Gasteiger partial charge in [0.05, 0.1) is 19.8 Å². The summed E-state index contributed by atoms with van der Waals surface area (Å²) in [5.74, 6) is 0.632. The molecule has 1 aliphatic heterocycles. The molecule has 5 nitrogen and oxygen atoms in total. The Morgan fingerprint density at radius 2 is 1.85 bits per heavy atom. The summed E-state index contributed by atoms with van der Waals surface area (Å²) in [6.07, 6.45) is 1.08. The van der Waals surface area contributed by atoms with Gasteiger partial charge in [-0.2, -0.15) is 0 Å². The molecule has 1 aromatic rings. The summed E-state index contributed by atoms with van der Waals surface area (Å²) in [5.41, 5.74) is 0.940. The molecule has 0 unspecified atom stereocenters. The minimum absolute atomic E-state index is 0. The van der Waals surface area contributed by atoms with Crippen molar-refractivity contribution in [1.29, 1.82) is 0 Å². The summed E-state index contributed by atoms with van der Waals surface area (Å²) in [6, 6.07) is 6.70. The van der Waals surface area contributed by atoms with E-state index in [1.54, 1.807) is 0 Å². The molecule has 0 saturated carbocycles. The molecule has 0 aliphatic carbocycles. The van der Waals surface area contributed by atoms with E-state index in [2.05, 4.69) is 36.3 Å². The Morgan fingerprint density at radius 1 is 1.19 bits per heavy atom. The molecule has 0 radical (unpaired) electrons. The zero-order valence-electron chi connectivity index (χ0n) is 16.8. The van der Waals surface area contributed by atoms with E-state index in [4.69, 9.17) is 9.73 Å². The van der Waals surface area contributed by atoms with Gasteiger partial charge in [-0.15, -0.1) is 24.0 Å². The first-order valence-corrected chi connectivity index (χ1v) is 9.59. The lowest BCUT2D eigenvalue weighted by molar-refractivity contribution is 0.0376. The minimum Gasteiger partial charge on any atom is -0.379 e. The van der Waals surface area contributed by atoms with Gasteiger partial charge in [-0.3, -0.25) is 9.89 Å². The predicted molar refractivity (Wildman–Crippen MR) is 121 cm³/mol. The van der Waals surface area contributed by atoms with E-state index >= 15 is 0 Å². The monoisotopic (exact) mass is 492 g/mol. The van der Waals surface area contributed by atoms with Crippen molar-refractivity contribution in [3.8, 4) is 0 Å². The standard InChI is InChI=1S/C20H33FN4O.HI/c1-4-22-19(23-10-5-11-25-12-14-26-15-13-25)24-16-20(2,3)17-6-8-18(21)9-7-17;/h6-9H,4-5,10-16H2,1-3H3,(H2,22,23,24);1H. The molecule has 1 saturated heterocycles. The van der Waals surface area contributed by atoms with Gasteiger partial charge < -0.3 is 15.4 Å². The second kappa shape index (κ2) is 12.5. The molecular formula is C20H34FIN4O. The lowest BCUT2D eigenvalue weighted by atomic mass is 9.85. The van der Waals surface area contributed by atoms with E-state index in [1.165, 1.54) is 12.1 Å². The van der Waals surface area contributed by atoms with E-state index in [-0.39, 0.29) is 35.2 Å². The second-order valence-corrected chi connectivity index (χ2v) is 7.32. The molecule has 2 rings (SSSR count). The molecular weight excluding hydrogens is 458 g/mol. The van der Waals surface area contributed by atoms with Crippen molar-refractivity contribution in [2.45, 2.75) is 32.6 Å². The van der Waals surface area contributed by atoms with Gasteiger partial charge in [0.1, 0.15) is 5.82 Å². The number of hydrogen-bond acceptors (Lipinski definition) is 3. The molecule has 27 heavy (non-hydrogen) atoms. The maximum Gasteiger partial charge on any atom is 0.191 e. The van der Waals surface area contributed by atoms with Crippen LogP contribution in [0.5, 0.6) is 0 Å². The number of guanidine groups is 1. The van der Waals surface area contributed by atoms with Gasteiger partial charge >= 0.3 is 0 Å². The van der Waals surface area contributed by atoms with Crippen LogP contribution in [-0.2, 0) is 10.2 Å². The average Bonchev–Trinajstić information content (AvgIpc) is 2.64. The van der Waals surface area contributed by atoms with Crippen LogP contribution >= 0.6 is 24.0 Å². The highest BCUT2D eigenvalue weighted by Gasteiger charge is 2.20. The van der Waals surface area contributed by atoms with Crippen molar-refractivity contribution in [1.82, 2.24) is 15.5 Å². The first-order chi connectivity index (χ1) is 12.5. The Bertz CT molecular complexity index is 560. The Kier molecular flexibility index (Phi) is 11.2. The number of ether oxygens (including phenoxy) is 1. The maximum absolute atomic E-state index is 13.1. The Hall–Kier alpha value is -0.930. The van der Waals surface area contributed by atoms with Gasteiger partial charge in [-0.05, 0) is 37.6 Å². The van der Waals surface area contributed by atoms with Crippen LogP contribution in [0.15, 0.2) is 29.3 Å². The number of hydrogen-bond donors (Lipinski definition) is 2. The topological polar surface area (TPSA) is 48.9 Å². The SMILES string of the molecule is CCNC(=NCC(C)(C)c1ccc(F)cc1)NCCCN1CCOCC1.I. The first kappa shape index (κ1) is 24.1. The van der Waals surface area contributed by atoms with Crippen LogP contribution in [0.3, 0.4) is 0 Å². The second-order valence-electron chi connectivity index (χ2n) is 7.32. The molecule has 1 heterocycles. The highest BCUT2D eigenvalue weighted by atomic mass is 127. The van der Waals surface area contributed by atoms with E-state index in [0.29, 0.717) is 6.54 Å². The predicted octanol–water partition coefficient (Wildman–Crippen LogP) is 3.00. The summed E-state index contributed by atoms with van der Waals surface area (Å²) >= 11 is 0. The van der Waals surface area contributed by atoms with E-state index in [9.17, 15) is 4.39 Å². The van der Waals surface area contributed by atoms with Crippen molar-refractivity contribution in [3.63, 3.8) is 0 Å². The number of aliphatic imine (C=N–C) groups is 1. The molecule has 0 bridgehead atoms. The Morgan fingerprint density at radius 3 is 2.48 bits per heavy atom. The highest BCUT2D eigenvalue weighted by molar-refractivity contribution is 14.0. The van der Waals surface area contributed by atoms with Crippen LogP contribution in [0, 0.1) is 5.82 Å². The molecule has 0 atom stereocenters. The molecule has 0 spiro atoms. The van der Waals surface area contributed by atoms with E-state index < -0.39 is 0 Å². The molecule has 1 aromatic carbocycles. The number of nitrogens with one attached hydrogen (secondary N) is 2. The quantitative estimate of drug-likeness (QED) is 0.254. The van der Waals surface area contributed by atoms with Crippen molar-refractivity contribution in [2.24, 2.45) is 4.99 Å². The number of rotatable bonds is 8. The molecule has 0 aromatic heterocycles. The third-order valence-corrected chi connectivity index (χ3v) is 4.65. The zero-order valence-corrected chi connectivity index (χ0v) is 19.1. The zero-order chi connectivity index (χ0) is 18.8. The lowest BCUT2D eigenvalue weighted by Crippen LogP contribution is -2.41. The Balaban J connectivity index is 0.00000364. The third-order valence-electron chi connectivity index (χ3n) is 4.65. The lowest BCUT2D eigenvalue weighted by Gasteiger charge is -2.26. The van der Waals surface area contributed by atoms with Crippen LogP contribution in [0.2, 0.25) is 0 Å². The van der Waals surface area contributed by atoms with Crippen LogP contribution in [0.25, 0.3) is 0 Å². The number of nitrogens with zero attached hydrogens (tertiary/aromatic N) is 2. The normalized spacial score (nSPS) is 15.9. The molecule has 1 aliphatic rings. The average molecular weight is 492 g/mol. The van der Waals surface area contributed by atoms with Gasteiger partial charge in [-0.25, -0.2) is 4.39 Å². The number of benzene rings is 1. The van der Waals surface area contributed by atoms with Gasteiger partial charge in [0.15, 0.2) is 5.96 Å². The van der Waals surface area contributed by atoms with Crippen LogP contribution < -0.4 is 10.6 Å². The van der Waals surface area contributed by atoms with Crippen molar-refractivity contribution < 1.29 is 9.13 Å².